The lowest BCUT2D eigenvalue weighted by Crippen LogP contribution is -1.89. The zero-order valence-electron chi connectivity index (χ0n) is 13.9. The highest BCUT2D eigenvalue weighted by Crippen LogP contribution is 2.28. The minimum Gasteiger partial charge on any atom is -0.0693 e. The van der Waals surface area contributed by atoms with Crippen molar-refractivity contribution in [3.05, 3.63) is 69.9 Å². The minimum absolute atomic E-state index is 1.05. The number of hydrogen-bond donors (Lipinski definition) is 0. The molecule has 0 aliphatic heterocycles. The molecule has 2 aliphatic carbocycles. The molecule has 0 heteroatoms. The molecule has 0 aromatic heterocycles. The van der Waals surface area contributed by atoms with Gasteiger partial charge in [0.05, 0.1) is 0 Å². The average Bonchev–Trinajstić information content (AvgIpc) is 2.67. The van der Waals surface area contributed by atoms with E-state index < -0.39 is 0 Å². The van der Waals surface area contributed by atoms with Gasteiger partial charge in [-0.05, 0) is 51.7 Å². The molecule has 2 aliphatic rings. The van der Waals surface area contributed by atoms with Crippen molar-refractivity contribution in [2.75, 3.05) is 0 Å². The smallest absolute Gasteiger partial charge is 0.00607 e. The molecule has 0 N–H and O–H groups in total. The van der Waals surface area contributed by atoms with Gasteiger partial charge in [0.2, 0.25) is 0 Å². The lowest BCUT2D eigenvalue weighted by atomic mass is 9.97. The van der Waals surface area contributed by atoms with Crippen LogP contribution < -0.4 is 0 Å². The van der Waals surface area contributed by atoms with E-state index in [4.69, 9.17) is 0 Å². The molecular formula is C20H28. The summed E-state index contributed by atoms with van der Waals surface area (Å²) in [5.74, 6) is 0. The lowest BCUT2D eigenvalue weighted by molar-refractivity contribution is 1.10. The van der Waals surface area contributed by atoms with Gasteiger partial charge in [0, 0.05) is 0 Å². The van der Waals surface area contributed by atoms with Gasteiger partial charge in [-0.15, -0.1) is 0 Å². The van der Waals surface area contributed by atoms with Gasteiger partial charge in [-0.25, -0.2) is 0 Å². The molecule has 108 valence electrons. The van der Waals surface area contributed by atoms with Gasteiger partial charge in [0.15, 0.2) is 0 Å². The van der Waals surface area contributed by atoms with Crippen LogP contribution in [0.5, 0.6) is 0 Å². The van der Waals surface area contributed by atoms with Gasteiger partial charge < -0.3 is 0 Å². The van der Waals surface area contributed by atoms with Crippen LogP contribution in [0.1, 0.15) is 54.4 Å². The maximum Gasteiger partial charge on any atom is -0.00607 e. The van der Waals surface area contributed by atoms with E-state index in [2.05, 4.69) is 64.2 Å². The van der Waals surface area contributed by atoms with E-state index >= 15 is 0 Å². The Hall–Kier alpha value is -1.56. The van der Waals surface area contributed by atoms with Crippen molar-refractivity contribution in [3.8, 4) is 0 Å². The molecule has 0 radical (unpaired) electrons. The molecule has 0 saturated carbocycles. The van der Waals surface area contributed by atoms with E-state index in [0.717, 1.165) is 12.8 Å². The standard InChI is InChI=1S/C18H22.C2H6/c1-13-5-7-17(11-15(3)9-13)18-8-6-14(2)10-16(4)12-18;1-2/h5-9,12H,10-11H2,1-4H3;1-2H3. The van der Waals surface area contributed by atoms with Crippen molar-refractivity contribution >= 4 is 0 Å². The Kier molecular flexibility index (Phi) is 6.51. The third-order valence-corrected chi connectivity index (χ3v) is 3.37. The molecule has 0 aromatic rings. The Morgan fingerprint density at radius 2 is 1.30 bits per heavy atom. The summed E-state index contributed by atoms with van der Waals surface area (Å²) in [5.41, 5.74) is 8.44. The highest BCUT2D eigenvalue weighted by molar-refractivity contribution is 5.50. The molecule has 0 amide bonds. The molecule has 0 atom stereocenters. The second-order valence-electron chi connectivity index (χ2n) is 5.57. The Balaban J connectivity index is 0.000000956. The number of hydrogen-bond acceptors (Lipinski definition) is 0. The van der Waals surface area contributed by atoms with Crippen molar-refractivity contribution in [2.45, 2.75) is 54.4 Å². The van der Waals surface area contributed by atoms with Crippen LogP contribution >= 0.6 is 0 Å². The van der Waals surface area contributed by atoms with Crippen molar-refractivity contribution < 1.29 is 0 Å². The summed E-state index contributed by atoms with van der Waals surface area (Å²) in [6, 6.07) is 0. The highest BCUT2D eigenvalue weighted by Gasteiger charge is 2.08. The van der Waals surface area contributed by atoms with E-state index in [9.17, 15) is 0 Å². The summed E-state index contributed by atoms with van der Waals surface area (Å²) < 4.78 is 0. The fraction of sp³-hybridized carbons (Fsp3) is 0.400. The molecule has 0 nitrogen and oxygen atoms in total. The summed E-state index contributed by atoms with van der Waals surface area (Å²) in [7, 11) is 0. The van der Waals surface area contributed by atoms with Crippen LogP contribution in [0.15, 0.2) is 69.9 Å². The number of rotatable bonds is 1. The summed E-state index contributed by atoms with van der Waals surface area (Å²) in [6.45, 7) is 12.8. The normalized spacial score (nSPS) is 18.9. The maximum absolute atomic E-state index is 2.33. The van der Waals surface area contributed by atoms with Crippen molar-refractivity contribution in [1.82, 2.24) is 0 Å². The van der Waals surface area contributed by atoms with E-state index in [0.29, 0.717) is 0 Å². The van der Waals surface area contributed by atoms with Crippen molar-refractivity contribution in [2.24, 2.45) is 0 Å². The average molecular weight is 268 g/mol. The molecule has 0 bridgehead atoms. The van der Waals surface area contributed by atoms with Gasteiger partial charge in [-0.1, -0.05) is 72.6 Å². The van der Waals surface area contributed by atoms with E-state index in [1.54, 1.807) is 0 Å². The van der Waals surface area contributed by atoms with Gasteiger partial charge in [0.1, 0.15) is 0 Å². The molecular weight excluding hydrogens is 240 g/mol. The Bertz CT molecular complexity index is 528. The first-order valence-electron chi connectivity index (χ1n) is 7.64. The van der Waals surface area contributed by atoms with E-state index in [-0.39, 0.29) is 0 Å². The zero-order chi connectivity index (χ0) is 15.1. The third-order valence-electron chi connectivity index (χ3n) is 3.37. The van der Waals surface area contributed by atoms with Crippen LogP contribution in [-0.2, 0) is 0 Å². The Morgan fingerprint density at radius 3 is 2.00 bits per heavy atom. The van der Waals surface area contributed by atoms with Gasteiger partial charge >= 0.3 is 0 Å². The second-order valence-corrected chi connectivity index (χ2v) is 5.57. The van der Waals surface area contributed by atoms with Crippen LogP contribution in [-0.4, -0.2) is 0 Å². The topological polar surface area (TPSA) is 0 Å². The summed E-state index contributed by atoms with van der Waals surface area (Å²) in [6.07, 6.45) is 15.8. The minimum atomic E-state index is 1.05. The molecule has 2 rings (SSSR count). The molecule has 0 fully saturated rings. The highest BCUT2D eigenvalue weighted by atomic mass is 14.1. The molecule has 0 saturated heterocycles. The largest absolute Gasteiger partial charge is 0.0693 e. The van der Waals surface area contributed by atoms with Gasteiger partial charge in [-0.3, -0.25) is 0 Å². The second kappa shape index (κ2) is 7.89. The SMILES string of the molecule is CC.CC1=CC=C(C2=CC=C(C)CC(C)=C2)CC(C)=C1. The predicted octanol–water partition coefficient (Wildman–Crippen LogP) is 6.46. The summed E-state index contributed by atoms with van der Waals surface area (Å²) in [5, 5.41) is 0. The fourth-order valence-electron chi connectivity index (χ4n) is 2.57. The molecule has 0 unspecified atom stereocenters. The van der Waals surface area contributed by atoms with Gasteiger partial charge in [0.25, 0.3) is 0 Å². The first-order chi connectivity index (χ1) is 9.54. The Morgan fingerprint density at radius 1 is 0.650 bits per heavy atom. The fourth-order valence-corrected chi connectivity index (χ4v) is 2.57. The molecule has 0 heterocycles. The third kappa shape index (κ3) is 4.85. The predicted molar refractivity (Wildman–Crippen MR) is 91.8 cm³/mol. The van der Waals surface area contributed by atoms with E-state index in [1.807, 2.05) is 13.8 Å². The van der Waals surface area contributed by atoms with Crippen molar-refractivity contribution in [3.63, 3.8) is 0 Å². The molecule has 0 aromatic carbocycles. The van der Waals surface area contributed by atoms with Crippen LogP contribution in [0.4, 0.5) is 0 Å². The monoisotopic (exact) mass is 268 g/mol. The first kappa shape index (κ1) is 16.5. The quantitative estimate of drug-likeness (QED) is 0.512. The van der Waals surface area contributed by atoms with Gasteiger partial charge in [-0.2, -0.15) is 0 Å². The summed E-state index contributed by atoms with van der Waals surface area (Å²) in [4.78, 5) is 0. The molecule has 0 spiro atoms. The number of allylic oxidation sites excluding steroid dienone is 12. The van der Waals surface area contributed by atoms with Crippen LogP contribution in [0, 0.1) is 0 Å². The zero-order valence-corrected chi connectivity index (χ0v) is 13.9. The lowest BCUT2D eigenvalue weighted by Gasteiger charge is -2.08. The van der Waals surface area contributed by atoms with Crippen LogP contribution in [0.25, 0.3) is 0 Å². The first-order valence-corrected chi connectivity index (χ1v) is 7.64. The van der Waals surface area contributed by atoms with Crippen LogP contribution in [0.2, 0.25) is 0 Å². The maximum atomic E-state index is 2.33. The Labute approximate surface area is 125 Å². The molecule has 20 heavy (non-hydrogen) atoms. The van der Waals surface area contributed by atoms with Crippen molar-refractivity contribution in [1.29, 1.82) is 0 Å². The summed E-state index contributed by atoms with van der Waals surface area (Å²) >= 11 is 0. The van der Waals surface area contributed by atoms with Crippen LogP contribution in [0.3, 0.4) is 0 Å². The van der Waals surface area contributed by atoms with E-state index in [1.165, 1.54) is 33.4 Å².